The fourth-order valence-electron chi connectivity index (χ4n) is 3.06. The third-order valence-electron chi connectivity index (χ3n) is 4.54. The molecule has 2 atom stereocenters. The van der Waals surface area contributed by atoms with Crippen molar-refractivity contribution in [3.63, 3.8) is 0 Å². The van der Waals surface area contributed by atoms with E-state index < -0.39 is 5.60 Å². The van der Waals surface area contributed by atoms with Crippen LogP contribution >= 0.6 is 0 Å². The van der Waals surface area contributed by atoms with Crippen LogP contribution in [0.3, 0.4) is 0 Å². The van der Waals surface area contributed by atoms with Gasteiger partial charge in [0, 0.05) is 19.2 Å². The molecule has 1 saturated carbocycles. The van der Waals surface area contributed by atoms with Gasteiger partial charge in [0.15, 0.2) is 0 Å². The Labute approximate surface area is 105 Å². The molecule has 0 aromatic heterocycles. The molecule has 3 heteroatoms. The van der Waals surface area contributed by atoms with E-state index >= 15 is 0 Å². The lowest BCUT2D eigenvalue weighted by molar-refractivity contribution is -0.0858. The number of hydrogen-bond donors (Lipinski definition) is 2. The summed E-state index contributed by atoms with van der Waals surface area (Å²) in [7, 11) is 0. The maximum absolute atomic E-state index is 10.0. The fourth-order valence-corrected chi connectivity index (χ4v) is 3.06. The van der Waals surface area contributed by atoms with Gasteiger partial charge in [-0.25, -0.2) is 0 Å². The predicted octanol–water partition coefficient (Wildman–Crippen LogP) is 2.23. The molecule has 3 nitrogen and oxygen atoms in total. The molecular weight excluding hydrogens is 214 g/mol. The normalized spacial score (nSPS) is 31.6. The van der Waals surface area contributed by atoms with Gasteiger partial charge in [-0.3, -0.25) is 0 Å². The third-order valence-corrected chi connectivity index (χ3v) is 4.54. The molecule has 17 heavy (non-hydrogen) atoms. The first-order valence-corrected chi connectivity index (χ1v) is 7.15. The maximum atomic E-state index is 10.0. The second kappa shape index (κ2) is 5.25. The fraction of sp³-hybridized carbons (Fsp3) is 1.00. The van der Waals surface area contributed by atoms with E-state index in [0.717, 1.165) is 25.9 Å². The van der Waals surface area contributed by atoms with Gasteiger partial charge in [-0.15, -0.1) is 0 Å². The zero-order valence-corrected chi connectivity index (χ0v) is 11.3. The molecule has 100 valence electrons. The quantitative estimate of drug-likeness (QED) is 0.793. The van der Waals surface area contributed by atoms with E-state index in [9.17, 15) is 5.11 Å². The van der Waals surface area contributed by atoms with E-state index in [2.05, 4.69) is 5.32 Å². The minimum Gasteiger partial charge on any atom is -0.389 e. The van der Waals surface area contributed by atoms with Crippen LogP contribution in [0.25, 0.3) is 0 Å². The number of hydrogen-bond acceptors (Lipinski definition) is 3. The summed E-state index contributed by atoms with van der Waals surface area (Å²) in [6.45, 7) is 5.52. The van der Waals surface area contributed by atoms with E-state index in [1.807, 2.05) is 13.8 Å². The standard InChI is InChI=1S/C14H27NO2/c1-3-13(2,16)11-15-12-6-9-17-14(10-12)7-4-5-8-14/h12,15-16H,3-11H2,1-2H3. The van der Waals surface area contributed by atoms with Gasteiger partial charge in [0.1, 0.15) is 0 Å². The Morgan fingerprint density at radius 2 is 2.12 bits per heavy atom. The Bertz CT molecular complexity index is 247. The highest BCUT2D eigenvalue weighted by Crippen LogP contribution is 2.39. The Morgan fingerprint density at radius 3 is 2.76 bits per heavy atom. The summed E-state index contributed by atoms with van der Waals surface area (Å²) < 4.78 is 6.01. The van der Waals surface area contributed by atoms with Crippen LogP contribution in [0.1, 0.15) is 58.8 Å². The van der Waals surface area contributed by atoms with Crippen molar-refractivity contribution in [3.05, 3.63) is 0 Å². The Kier molecular flexibility index (Phi) is 4.11. The molecule has 1 aliphatic carbocycles. The van der Waals surface area contributed by atoms with Crippen LogP contribution in [0.15, 0.2) is 0 Å². The van der Waals surface area contributed by atoms with Gasteiger partial charge in [0.05, 0.1) is 11.2 Å². The largest absolute Gasteiger partial charge is 0.389 e. The Morgan fingerprint density at radius 1 is 1.41 bits per heavy atom. The molecular formula is C14H27NO2. The zero-order chi connectivity index (χ0) is 12.4. The highest BCUT2D eigenvalue weighted by atomic mass is 16.5. The molecule has 2 rings (SSSR count). The van der Waals surface area contributed by atoms with Crippen molar-refractivity contribution < 1.29 is 9.84 Å². The topological polar surface area (TPSA) is 41.5 Å². The smallest absolute Gasteiger partial charge is 0.0741 e. The molecule has 0 bridgehead atoms. The minimum absolute atomic E-state index is 0.175. The maximum Gasteiger partial charge on any atom is 0.0741 e. The van der Waals surface area contributed by atoms with E-state index in [1.165, 1.54) is 25.7 Å². The molecule has 0 aromatic rings. The number of rotatable bonds is 4. The van der Waals surface area contributed by atoms with Crippen molar-refractivity contribution in [2.24, 2.45) is 0 Å². The summed E-state index contributed by atoms with van der Waals surface area (Å²) in [6, 6.07) is 0.528. The van der Waals surface area contributed by atoms with E-state index in [0.29, 0.717) is 12.6 Å². The summed E-state index contributed by atoms with van der Waals surface area (Å²) >= 11 is 0. The third kappa shape index (κ3) is 3.43. The summed E-state index contributed by atoms with van der Waals surface area (Å²) in [5.74, 6) is 0. The molecule has 1 spiro atoms. The highest BCUT2D eigenvalue weighted by Gasteiger charge is 2.39. The van der Waals surface area contributed by atoms with Crippen molar-refractivity contribution in [1.29, 1.82) is 0 Å². The van der Waals surface area contributed by atoms with Crippen LogP contribution in [-0.4, -0.2) is 35.5 Å². The molecule has 1 aliphatic heterocycles. The van der Waals surface area contributed by atoms with Crippen molar-refractivity contribution in [1.82, 2.24) is 5.32 Å². The van der Waals surface area contributed by atoms with E-state index in [-0.39, 0.29) is 5.60 Å². The van der Waals surface area contributed by atoms with Crippen molar-refractivity contribution in [3.8, 4) is 0 Å². The highest BCUT2D eigenvalue weighted by molar-refractivity contribution is 4.94. The van der Waals surface area contributed by atoms with Crippen molar-refractivity contribution in [2.75, 3.05) is 13.2 Å². The molecule has 2 N–H and O–H groups in total. The first-order valence-electron chi connectivity index (χ1n) is 7.15. The minimum atomic E-state index is -0.568. The number of aliphatic hydroxyl groups is 1. The molecule has 2 unspecified atom stereocenters. The lowest BCUT2D eigenvalue weighted by Gasteiger charge is -2.39. The lowest BCUT2D eigenvalue weighted by Crippen LogP contribution is -2.49. The lowest BCUT2D eigenvalue weighted by atomic mass is 9.88. The summed E-state index contributed by atoms with van der Waals surface area (Å²) in [5, 5.41) is 13.6. The molecule has 1 saturated heterocycles. The molecule has 2 aliphatic rings. The predicted molar refractivity (Wildman–Crippen MR) is 69.1 cm³/mol. The van der Waals surface area contributed by atoms with Crippen LogP contribution in [0.2, 0.25) is 0 Å². The van der Waals surface area contributed by atoms with Crippen LogP contribution in [0.5, 0.6) is 0 Å². The van der Waals surface area contributed by atoms with Gasteiger partial charge in [0.25, 0.3) is 0 Å². The molecule has 1 heterocycles. The molecule has 0 aromatic carbocycles. The van der Waals surface area contributed by atoms with Gasteiger partial charge in [-0.05, 0) is 39.0 Å². The van der Waals surface area contributed by atoms with Gasteiger partial charge >= 0.3 is 0 Å². The van der Waals surface area contributed by atoms with Crippen LogP contribution < -0.4 is 5.32 Å². The van der Waals surface area contributed by atoms with Crippen molar-refractivity contribution in [2.45, 2.75) is 76.0 Å². The molecule has 2 fully saturated rings. The summed E-state index contributed by atoms with van der Waals surface area (Å²) in [5.41, 5.74) is -0.394. The number of nitrogens with one attached hydrogen (secondary N) is 1. The SMILES string of the molecule is CCC(C)(O)CNC1CCOC2(CCCC2)C1. The van der Waals surface area contributed by atoms with Gasteiger partial charge in [-0.1, -0.05) is 19.8 Å². The monoisotopic (exact) mass is 241 g/mol. The van der Waals surface area contributed by atoms with Gasteiger partial charge in [0.2, 0.25) is 0 Å². The van der Waals surface area contributed by atoms with Crippen LogP contribution in [0, 0.1) is 0 Å². The average molecular weight is 241 g/mol. The van der Waals surface area contributed by atoms with Gasteiger partial charge < -0.3 is 15.2 Å². The Hall–Kier alpha value is -0.120. The Balaban J connectivity index is 1.81. The second-order valence-electron chi connectivity index (χ2n) is 6.16. The molecule has 0 radical (unpaired) electrons. The summed E-state index contributed by atoms with van der Waals surface area (Å²) in [4.78, 5) is 0. The second-order valence-corrected chi connectivity index (χ2v) is 6.16. The number of ether oxygens (including phenoxy) is 1. The first kappa shape index (κ1) is 13.3. The first-order chi connectivity index (χ1) is 8.05. The average Bonchev–Trinajstić information content (AvgIpc) is 2.75. The van der Waals surface area contributed by atoms with Crippen LogP contribution in [-0.2, 0) is 4.74 Å². The summed E-state index contributed by atoms with van der Waals surface area (Å²) in [6.07, 6.45) is 8.12. The molecule has 0 amide bonds. The van der Waals surface area contributed by atoms with Gasteiger partial charge in [-0.2, -0.15) is 0 Å². The van der Waals surface area contributed by atoms with Crippen molar-refractivity contribution >= 4 is 0 Å². The van der Waals surface area contributed by atoms with E-state index in [4.69, 9.17) is 4.74 Å². The zero-order valence-electron chi connectivity index (χ0n) is 11.3. The van der Waals surface area contributed by atoms with E-state index in [1.54, 1.807) is 0 Å². The van der Waals surface area contributed by atoms with Crippen LogP contribution in [0.4, 0.5) is 0 Å².